The molecule has 2 amide bonds. The molecule has 0 unspecified atom stereocenters. The summed E-state index contributed by atoms with van der Waals surface area (Å²) in [5.74, 6) is 0.0843. The van der Waals surface area contributed by atoms with Crippen molar-refractivity contribution in [3.8, 4) is 0 Å². The van der Waals surface area contributed by atoms with Gasteiger partial charge in [-0.1, -0.05) is 5.16 Å². The molecular formula is C17H22N4O3S. The molecular weight excluding hydrogens is 340 g/mol. The first-order valence-corrected chi connectivity index (χ1v) is 9.08. The lowest BCUT2D eigenvalue weighted by molar-refractivity contribution is -0.119. The first kappa shape index (κ1) is 17.6. The number of nitrogens with one attached hydrogen (secondary N) is 1. The average molecular weight is 362 g/mol. The Morgan fingerprint density at radius 3 is 2.88 bits per heavy atom. The van der Waals surface area contributed by atoms with Crippen molar-refractivity contribution in [2.24, 2.45) is 5.73 Å². The number of aromatic nitrogens is 1. The fourth-order valence-corrected chi connectivity index (χ4v) is 4.12. The Kier molecular flexibility index (Phi) is 4.91. The van der Waals surface area contributed by atoms with E-state index < -0.39 is 11.9 Å². The number of primary amides is 1. The topological polar surface area (TPSA) is 101 Å². The molecule has 3 rings (SSSR count). The van der Waals surface area contributed by atoms with Crippen molar-refractivity contribution in [2.75, 3.05) is 6.54 Å². The van der Waals surface area contributed by atoms with Crippen LogP contribution in [-0.4, -0.2) is 34.5 Å². The molecule has 0 aromatic carbocycles. The third-order valence-electron chi connectivity index (χ3n) is 4.61. The van der Waals surface area contributed by atoms with Gasteiger partial charge in [0.15, 0.2) is 0 Å². The van der Waals surface area contributed by atoms with Crippen molar-refractivity contribution in [1.82, 2.24) is 15.4 Å². The van der Waals surface area contributed by atoms with Crippen molar-refractivity contribution < 1.29 is 14.1 Å². The number of thiophene rings is 1. The van der Waals surface area contributed by atoms with E-state index in [1.165, 1.54) is 4.88 Å². The Morgan fingerprint density at radius 2 is 2.24 bits per heavy atom. The quantitative estimate of drug-likeness (QED) is 0.840. The summed E-state index contributed by atoms with van der Waals surface area (Å²) in [7, 11) is 0. The number of hydrogen-bond acceptors (Lipinski definition) is 6. The lowest BCUT2D eigenvalue weighted by Gasteiger charge is -2.27. The molecule has 2 aromatic heterocycles. The predicted molar refractivity (Wildman–Crippen MR) is 94.2 cm³/mol. The monoisotopic (exact) mass is 362 g/mol. The van der Waals surface area contributed by atoms with Crippen LogP contribution in [0.15, 0.2) is 9.90 Å². The van der Waals surface area contributed by atoms with Crippen molar-refractivity contribution in [3.05, 3.63) is 38.4 Å². The van der Waals surface area contributed by atoms with Crippen LogP contribution < -0.4 is 11.1 Å². The van der Waals surface area contributed by atoms with Crippen LogP contribution in [0.2, 0.25) is 0 Å². The Hall–Kier alpha value is -2.19. The van der Waals surface area contributed by atoms with Gasteiger partial charge < -0.3 is 15.6 Å². The minimum atomic E-state index is -0.678. The molecule has 1 aliphatic heterocycles. The zero-order valence-corrected chi connectivity index (χ0v) is 15.4. The van der Waals surface area contributed by atoms with Crippen LogP contribution in [-0.2, 0) is 24.3 Å². The highest BCUT2D eigenvalue weighted by Gasteiger charge is 2.26. The molecule has 3 heterocycles. The van der Waals surface area contributed by atoms with Crippen LogP contribution in [0, 0.1) is 13.8 Å². The van der Waals surface area contributed by atoms with E-state index >= 15 is 0 Å². The fourth-order valence-electron chi connectivity index (χ4n) is 3.00. The molecule has 1 aliphatic rings. The molecule has 3 N–H and O–H groups in total. The number of aryl methyl sites for hydroxylation is 2. The number of hydrogen-bond donors (Lipinski definition) is 2. The van der Waals surface area contributed by atoms with E-state index in [0.29, 0.717) is 5.56 Å². The molecule has 134 valence electrons. The maximum atomic E-state index is 12.4. The largest absolute Gasteiger partial charge is 0.368 e. The molecule has 2 aromatic rings. The van der Waals surface area contributed by atoms with Gasteiger partial charge in [0, 0.05) is 35.5 Å². The third-order valence-corrected chi connectivity index (χ3v) is 5.62. The van der Waals surface area contributed by atoms with Crippen molar-refractivity contribution in [3.63, 3.8) is 0 Å². The lowest BCUT2D eigenvalue weighted by atomic mass is 10.0. The van der Waals surface area contributed by atoms with Gasteiger partial charge in [0.05, 0.1) is 11.3 Å². The summed E-state index contributed by atoms with van der Waals surface area (Å²) in [6.07, 6.45) is 0.802. The van der Waals surface area contributed by atoms with Gasteiger partial charge in [-0.15, -0.1) is 11.3 Å². The predicted octanol–water partition coefficient (Wildman–Crippen LogP) is 1.51. The summed E-state index contributed by atoms with van der Waals surface area (Å²) < 4.78 is 5.23. The lowest BCUT2D eigenvalue weighted by Crippen LogP contribution is -2.42. The van der Waals surface area contributed by atoms with Gasteiger partial charge in [-0.3, -0.25) is 14.5 Å². The van der Waals surface area contributed by atoms with E-state index in [4.69, 9.17) is 10.3 Å². The summed E-state index contributed by atoms with van der Waals surface area (Å²) >= 11 is 1.58. The number of rotatable bonds is 5. The maximum Gasteiger partial charge on any atom is 0.253 e. The van der Waals surface area contributed by atoms with Crippen LogP contribution in [0.4, 0.5) is 0 Å². The van der Waals surface area contributed by atoms with Crippen LogP contribution >= 0.6 is 11.3 Å². The first-order valence-electron chi connectivity index (χ1n) is 8.20. The van der Waals surface area contributed by atoms with Crippen molar-refractivity contribution >= 4 is 23.2 Å². The highest BCUT2D eigenvalue weighted by molar-refractivity contribution is 7.10. The minimum absolute atomic E-state index is 0.233. The summed E-state index contributed by atoms with van der Waals surface area (Å²) in [5.41, 5.74) is 9.01. The number of carbonyl (C=O) groups is 2. The SMILES string of the molecule is Cc1noc(C)c1CN1CCc2c(C(=O)N[C@H](C)C(N)=O)csc2C1. The molecule has 0 spiro atoms. The highest BCUT2D eigenvalue weighted by atomic mass is 32.1. The normalized spacial score (nSPS) is 15.6. The molecule has 1 atom stereocenters. The number of nitrogens with zero attached hydrogens (tertiary/aromatic N) is 2. The standard InChI is InChI=1S/C17H22N4O3S/c1-9-13(11(3)24-20-9)6-21-5-4-12-14(8-25-15(12)7-21)17(23)19-10(2)16(18)22/h8,10H,4-7H2,1-3H3,(H2,18,22)(H,19,23)/t10-/m1/s1. The molecule has 7 nitrogen and oxygen atoms in total. The van der Waals surface area contributed by atoms with Gasteiger partial charge in [-0.05, 0) is 32.8 Å². The fraction of sp³-hybridized carbons (Fsp3) is 0.471. The molecule has 0 bridgehead atoms. The van der Waals surface area contributed by atoms with E-state index in [0.717, 1.165) is 48.6 Å². The number of fused-ring (bicyclic) bond motifs is 1. The minimum Gasteiger partial charge on any atom is -0.368 e. The third kappa shape index (κ3) is 3.59. The van der Waals surface area contributed by atoms with Crippen LogP contribution in [0.1, 0.15) is 44.7 Å². The molecule has 0 fully saturated rings. The first-order chi connectivity index (χ1) is 11.9. The zero-order chi connectivity index (χ0) is 18.1. The van der Waals surface area contributed by atoms with E-state index in [-0.39, 0.29) is 5.91 Å². The van der Waals surface area contributed by atoms with E-state index in [1.54, 1.807) is 18.3 Å². The van der Waals surface area contributed by atoms with Gasteiger partial charge in [0.25, 0.3) is 5.91 Å². The summed E-state index contributed by atoms with van der Waals surface area (Å²) in [4.78, 5) is 27.0. The number of amides is 2. The second kappa shape index (κ2) is 6.97. The Bertz CT molecular complexity index is 791. The molecule has 0 radical (unpaired) electrons. The molecule has 0 aliphatic carbocycles. The van der Waals surface area contributed by atoms with Crippen molar-refractivity contribution in [2.45, 2.75) is 46.3 Å². The smallest absolute Gasteiger partial charge is 0.253 e. The van der Waals surface area contributed by atoms with Crippen LogP contribution in [0.5, 0.6) is 0 Å². The van der Waals surface area contributed by atoms with E-state index in [9.17, 15) is 9.59 Å². The molecule has 25 heavy (non-hydrogen) atoms. The summed E-state index contributed by atoms with van der Waals surface area (Å²) in [5, 5.41) is 8.53. The van der Waals surface area contributed by atoms with Crippen LogP contribution in [0.25, 0.3) is 0 Å². The zero-order valence-electron chi connectivity index (χ0n) is 14.6. The second-order valence-electron chi connectivity index (χ2n) is 6.41. The number of nitrogens with two attached hydrogens (primary N) is 1. The molecule has 8 heteroatoms. The van der Waals surface area contributed by atoms with Gasteiger partial charge in [0.2, 0.25) is 5.91 Å². The van der Waals surface area contributed by atoms with E-state index in [1.807, 2.05) is 19.2 Å². The molecule has 0 saturated carbocycles. The Labute approximate surface area is 150 Å². The maximum absolute atomic E-state index is 12.4. The summed E-state index contributed by atoms with van der Waals surface area (Å²) in [6.45, 7) is 7.91. The number of carbonyl (C=O) groups excluding carboxylic acids is 2. The second-order valence-corrected chi connectivity index (χ2v) is 7.38. The van der Waals surface area contributed by atoms with Crippen LogP contribution in [0.3, 0.4) is 0 Å². The van der Waals surface area contributed by atoms with Gasteiger partial charge in [-0.2, -0.15) is 0 Å². The average Bonchev–Trinajstić information content (AvgIpc) is 3.12. The van der Waals surface area contributed by atoms with Gasteiger partial charge in [0.1, 0.15) is 11.8 Å². The Balaban J connectivity index is 1.70. The van der Waals surface area contributed by atoms with Gasteiger partial charge in [-0.25, -0.2) is 0 Å². The highest BCUT2D eigenvalue weighted by Crippen LogP contribution is 2.30. The Morgan fingerprint density at radius 1 is 1.48 bits per heavy atom. The van der Waals surface area contributed by atoms with Gasteiger partial charge >= 0.3 is 0 Å². The molecule has 0 saturated heterocycles. The van der Waals surface area contributed by atoms with Crippen molar-refractivity contribution in [1.29, 1.82) is 0 Å². The van der Waals surface area contributed by atoms with E-state index in [2.05, 4.69) is 15.4 Å². The summed E-state index contributed by atoms with van der Waals surface area (Å²) in [6, 6.07) is -0.678.